The van der Waals surface area contributed by atoms with Crippen LogP contribution in [-0.2, 0) is 9.59 Å². The molecule has 3 rings (SSSR count). The van der Waals surface area contributed by atoms with E-state index < -0.39 is 5.82 Å². The molecule has 1 aliphatic rings. The van der Waals surface area contributed by atoms with Crippen LogP contribution in [0.15, 0.2) is 53.4 Å². The Balaban J connectivity index is 1.52. The zero-order valence-corrected chi connectivity index (χ0v) is 16.7. The molecule has 1 fully saturated rings. The van der Waals surface area contributed by atoms with Gasteiger partial charge in [0.25, 0.3) is 0 Å². The highest BCUT2D eigenvalue weighted by atomic mass is 32.2. The molecule has 0 aliphatic heterocycles. The molecule has 4 nitrogen and oxygen atoms in total. The van der Waals surface area contributed by atoms with Crippen molar-refractivity contribution >= 4 is 35.0 Å². The fourth-order valence-corrected chi connectivity index (χ4v) is 4.15. The Kier molecular flexibility index (Phi) is 7.09. The molecule has 1 saturated carbocycles. The summed E-state index contributed by atoms with van der Waals surface area (Å²) >= 11 is 1.39. The maximum Gasteiger partial charge on any atom is 0.237 e. The molecule has 148 valence electrons. The first-order valence-corrected chi connectivity index (χ1v) is 10.5. The predicted molar refractivity (Wildman–Crippen MR) is 112 cm³/mol. The Labute approximate surface area is 169 Å². The van der Waals surface area contributed by atoms with Crippen molar-refractivity contribution in [1.29, 1.82) is 0 Å². The van der Waals surface area contributed by atoms with Crippen molar-refractivity contribution in [3.8, 4) is 0 Å². The van der Waals surface area contributed by atoms with Gasteiger partial charge in [0.05, 0.1) is 10.9 Å². The summed E-state index contributed by atoms with van der Waals surface area (Å²) in [7, 11) is 0. The molecule has 0 heterocycles. The number of halogens is 1. The number of benzene rings is 2. The van der Waals surface area contributed by atoms with Gasteiger partial charge >= 0.3 is 0 Å². The Hall–Kier alpha value is -2.34. The minimum absolute atomic E-state index is 0.0951. The molecule has 2 amide bonds. The van der Waals surface area contributed by atoms with Gasteiger partial charge < -0.3 is 10.6 Å². The molecule has 0 saturated heterocycles. The van der Waals surface area contributed by atoms with Gasteiger partial charge in [0, 0.05) is 16.5 Å². The van der Waals surface area contributed by atoms with E-state index in [1.807, 2.05) is 24.3 Å². The van der Waals surface area contributed by atoms with Gasteiger partial charge in [-0.25, -0.2) is 4.39 Å². The molecule has 0 radical (unpaired) electrons. The van der Waals surface area contributed by atoms with Crippen molar-refractivity contribution in [2.75, 3.05) is 10.6 Å². The van der Waals surface area contributed by atoms with E-state index in [9.17, 15) is 14.0 Å². The summed E-state index contributed by atoms with van der Waals surface area (Å²) in [4.78, 5) is 25.5. The number of rotatable bonds is 6. The zero-order chi connectivity index (χ0) is 19.9. The molecule has 0 spiro atoms. The van der Waals surface area contributed by atoms with Gasteiger partial charge in [-0.2, -0.15) is 0 Å². The number of carbonyl (C=O) groups excluding carboxylic acids is 2. The maximum absolute atomic E-state index is 13.7. The number of hydrogen-bond donors (Lipinski definition) is 2. The summed E-state index contributed by atoms with van der Waals surface area (Å²) in [6.07, 6.45) is 5.40. The highest BCUT2D eigenvalue weighted by Gasteiger charge is 2.21. The average molecular weight is 401 g/mol. The molecule has 1 aliphatic carbocycles. The number of thioether (sulfide) groups is 1. The molecular weight excluding hydrogens is 375 g/mol. The molecule has 2 aromatic rings. The monoisotopic (exact) mass is 400 g/mol. The SMILES string of the molecule is CC(Sc1ccc(NC(=O)C2CCCCC2)cc1)C(=O)Nc1ccccc1F. The van der Waals surface area contributed by atoms with E-state index in [0.29, 0.717) is 0 Å². The minimum atomic E-state index is -0.453. The number of amides is 2. The van der Waals surface area contributed by atoms with Gasteiger partial charge in [0.15, 0.2) is 0 Å². The summed E-state index contributed by atoms with van der Waals surface area (Å²) in [5, 5.41) is 5.21. The standard InChI is InChI=1S/C22H25FN2O2S/c1-15(21(26)25-20-10-6-5-9-19(20)23)28-18-13-11-17(12-14-18)24-22(27)16-7-3-2-4-8-16/h5-6,9-16H,2-4,7-8H2,1H3,(H,24,27)(H,25,26). The van der Waals surface area contributed by atoms with Crippen molar-refractivity contribution in [2.24, 2.45) is 5.92 Å². The first kappa shape index (κ1) is 20.4. The molecule has 2 aromatic carbocycles. The smallest absolute Gasteiger partial charge is 0.237 e. The third-order valence-corrected chi connectivity index (χ3v) is 6.02. The molecular formula is C22H25FN2O2S. The summed E-state index contributed by atoms with van der Waals surface area (Å²) in [5.41, 5.74) is 0.948. The third-order valence-electron chi connectivity index (χ3n) is 4.91. The van der Waals surface area contributed by atoms with Gasteiger partial charge in [-0.05, 0) is 56.2 Å². The van der Waals surface area contributed by atoms with E-state index in [4.69, 9.17) is 0 Å². The first-order valence-electron chi connectivity index (χ1n) is 9.66. The number of carbonyl (C=O) groups is 2. The van der Waals surface area contributed by atoms with E-state index in [1.165, 1.54) is 30.3 Å². The average Bonchev–Trinajstić information content (AvgIpc) is 2.71. The van der Waals surface area contributed by atoms with E-state index in [0.717, 1.165) is 36.3 Å². The van der Waals surface area contributed by atoms with Crippen LogP contribution in [0.1, 0.15) is 39.0 Å². The first-order chi connectivity index (χ1) is 13.5. The minimum Gasteiger partial charge on any atom is -0.326 e. The molecule has 1 unspecified atom stereocenters. The molecule has 0 aromatic heterocycles. The molecule has 1 atom stereocenters. The number of nitrogens with one attached hydrogen (secondary N) is 2. The van der Waals surface area contributed by atoms with Crippen LogP contribution in [-0.4, -0.2) is 17.1 Å². The molecule has 28 heavy (non-hydrogen) atoms. The second-order valence-electron chi connectivity index (χ2n) is 7.08. The fourth-order valence-electron chi connectivity index (χ4n) is 3.28. The number of para-hydroxylation sites is 1. The van der Waals surface area contributed by atoms with Crippen LogP contribution in [0.2, 0.25) is 0 Å². The van der Waals surface area contributed by atoms with Gasteiger partial charge in [0.2, 0.25) is 11.8 Å². The second kappa shape index (κ2) is 9.73. The lowest BCUT2D eigenvalue weighted by atomic mass is 9.88. The lowest BCUT2D eigenvalue weighted by Gasteiger charge is -2.20. The van der Waals surface area contributed by atoms with Crippen molar-refractivity contribution in [2.45, 2.75) is 49.2 Å². The van der Waals surface area contributed by atoms with E-state index in [2.05, 4.69) is 10.6 Å². The van der Waals surface area contributed by atoms with Crippen molar-refractivity contribution < 1.29 is 14.0 Å². The van der Waals surface area contributed by atoms with Gasteiger partial charge in [-0.1, -0.05) is 31.4 Å². The summed E-state index contributed by atoms with van der Waals surface area (Å²) in [6, 6.07) is 13.6. The Morgan fingerprint density at radius 3 is 2.36 bits per heavy atom. The Morgan fingerprint density at radius 2 is 1.68 bits per heavy atom. The normalized spacial score (nSPS) is 15.6. The van der Waals surface area contributed by atoms with Gasteiger partial charge in [-0.3, -0.25) is 9.59 Å². The van der Waals surface area contributed by atoms with Crippen molar-refractivity contribution in [3.63, 3.8) is 0 Å². The van der Waals surface area contributed by atoms with Crippen LogP contribution in [0.5, 0.6) is 0 Å². The van der Waals surface area contributed by atoms with E-state index >= 15 is 0 Å². The Bertz CT molecular complexity index is 820. The summed E-state index contributed by atoms with van der Waals surface area (Å²) < 4.78 is 13.7. The van der Waals surface area contributed by atoms with Crippen LogP contribution in [0.25, 0.3) is 0 Å². The van der Waals surface area contributed by atoms with E-state index in [1.54, 1.807) is 19.1 Å². The van der Waals surface area contributed by atoms with Crippen LogP contribution in [0.3, 0.4) is 0 Å². The lowest BCUT2D eigenvalue weighted by Crippen LogP contribution is -2.24. The van der Waals surface area contributed by atoms with Crippen LogP contribution in [0.4, 0.5) is 15.8 Å². The highest BCUT2D eigenvalue weighted by molar-refractivity contribution is 8.00. The third kappa shape index (κ3) is 5.58. The molecule has 6 heteroatoms. The summed E-state index contributed by atoms with van der Waals surface area (Å²) in [6.45, 7) is 1.78. The highest BCUT2D eigenvalue weighted by Crippen LogP contribution is 2.28. The zero-order valence-electron chi connectivity index (χ0n) is 15.9. The number of anilines is 2. The second-order valence-corrected chi connectivity index (χ2v) is 8.49. The van der Waals surface area contributed by atoms with Gasteiger partial charge in [-0.15, -0.1) is 11.8 Å². The Morgan fingerprint density at radius 1 is 1.00 bits per heavy atom. The maximum atomic E-state index is 13.7. The molecule has 0 bridgehead atoms. The fraction of sp³-hybridized carbons (Fsp3) is 0.364. The van der Waals surface area contributed by atoms with Crippen molar-refractivity contribution in [3.05, 3.63) is 54.3 Å². The van der Waals surface area contributed by atoms with Crippen LogP contribution in [0, 0.1) is 11.7 Å². The topological polar surface area (TPSA) is 58.2 Å². The van der Waals surface area contributed by atoms with E-state index in [-0.39, 0.29) is 28.7 Å². The lowest BCUT2D eigenvalue weighted by molar-refractivity contribution is -0.120. The van der Waals surface area contributed by atoms with Crippen LogP contribution >= 0.6 is 11.8 Å². The van der Waals surface area contributed by atoms with Crippen molar-refractivity contribution in [1.82, 2.24) is 0 Å². The molecule has 2 N–H and O–H groups in total. The largest absolute Gasteiger partial charge is 0.326 e. The van der Waals surface area contributed by atoms with Gasteiger partial charge in [0.1, 0.15) is 5.82 Å². The summed E-state index contributed by atoms with van der Waals surface area (Å²) in [5.74, 6) is -0.501. The predicted octanol–water partition coefficient (Wildman–Crippen LogP) is 5.46. The number of hydrogen-bond acceptors (Lipinski definition) is 3. The quantitative estimate of drug-likeness (QED) is 0.633. The van der Waals surface area contributed by atoms with Crippen LogP contribution < -0.4 is 10.6 Å².